The maximum absolute atomic E-state index is 12.0. The van der Waals surface area contributed by atoms with Crippen molar-refractivity contribution in [1.29, 1.82) is 0 Å². The van der Waals surface area contributed by atoms with Gasteiger partial charge in [-0.3, -0.25) is 4.79 Å². The number of carbonyl (C=O) groups is 1. The first kappa shape index (κ1) is 18.6. The van der Waals surface area contributed by atoms with Crippen LogP contribution in [-0.2, 0) is 4.79 Å². The summed E-state index contributed by atoms with van der Waals surface area (Å²) in [5.41, 5.74) is 8.69. The summed E-state index contributed by atoms with van der Waals surface area (Å²) in [5, 5.41) is 5.93. The van der Waals surface area contributed by atoms with Crippen molar-refractivity contribution in [2.75, 3.05) is 5.32 Å². The number of carbonyl (C=O) groups excluding carboxylic acids is 1. The lowest BCUT2D eigenvalue weighted by molar-refractivity contribution is -0.118. The molecule has 2 atom stereocenters. The first-order valence-corrected chi connectivity index (χ1v) is 7.98. The Kier molecular flexibility index (Phi) is 7.00. The Morgan fingerprint density at radius 3 is 2.50 bits per heavy atom. The fourth-order valence-corrected chi connectivity index (χ4v) is 2.58. The predicted molar refractivity (Wildman–Crippen MR) is 95.6 cm³/mol. The number of nitrogens with two attached hydrogens (primary N) is 1. The summed E-state index contributed by atoms with van der Waals surface area (Å²) in [6.45, 7) is 6.00. The molecule has 6 heteroatoms. The Hall–Kier alpha value is -1.43. The van der Waals surface area contributed by atoms with Crippen molar-refractivity contribution in [1.82, 2.24) is 4.98 Å². The standard InChI is InChI=1S/C16H21N3OS.ClH/c1-4-10(2)15(17)16(20)19-13-7-5-12(6-8-13)14-9-21-11(3)18-14;/h5-10,15H,4,17H2,1-3H3,(H,19,20);1H. The normalized spacial score (nSPS) is 13.1. The van der Waals surface area contributed by atoms with Gasteiger partial charge in [-0.2, -0.15) is 0 Å². The molecule has 0 aliphatic heterocycles. The molecule has 2 unspecified atom stereocenters. The molecule has 0 fully saturated rings. The van der Waals surface area contributed by atoms with Gasteiger partial charge in [0, 0.05) is 16.6 Å². The number of aryl methyl sites for hydroxylation is 1. The molecule has 2 aromatic rings. The van der Waals surface area contributed by atoms with Gasteiger partial charge in [0.2, 0.25) is 5.91 Å². The zero-order valence-electron chi connectivity index (χ0n) is 13.0. The molecule has 1 aromatic heterocycles. The van der Waals surface area contributed by atoms with Gasteiger partial charge in [0.15, 0.2) is 0 Å². The fourth-order valence-electron chi connectivity index (χ4n) is 1.96. The van der Waals surface area contributed by atoms with E-state index in [2.05, 4.69) is 10.3 Å². The predicted octanol–water partition coefficient (Wildman–Crippen LogP) is 3.85. The lowest BCUT2D eigenvalue weighted by Crippen LogP contribution is -2.40. The van der Waals surface area contributed by atoms with Crippen LogP contribution < -0.4 is 11.1 Å². The topological polar surface area (TPSA) is 68.0 Å². The first-order chi connectivity index (χ1) is 10.0. The highest BCUT2D eigenvalue weighted by Gasteiger charge is 2.19. The molecule has 1 heterocycles. The van der Waals surface area contributed by atoms with Crippen LogP contribution in [-0.4, -0.2) is 16.9 Å². The van der Waals surface area contributed by atoms with E-state index in [0.29, 0.717) is 0 Å². The molecule has 3 N–H and O–H groups in total. The van der Waals surface area contributed by atoms with Crippen LogP contribution in [0.2, 0.25) is 0 Å². The average molecular weight is 340 g/mol. The number of hydrogen-bond donors (Lipinski definition) is 2. The number of thiazole rings is 1. The number of nitrogens with one attached hydrogen (secondary N) is 1. The van der Waals surface area contributed by atoms with Crippen molar-refractivity contribution in [3.63, 3.8) is 0 Å². The maximum Gasteiger partial charge on any atom is 0.241 e. The number of benzene rings is 1. The molecule has 1 aromatic carbocycles. The van der Waals surface area contributed by atoms with Gasteiger partial charge in [-0.1, -0.05) is 32.4 Å². The van der Waals surface area contributed by atoms with Crippen molar-refractivity contribution >= 4 is 35.3 Å². The van der Waals surface area contributed by atoms with E-state index < -0.39 is 6.04 Å². The number of rotatable bonds is 5. The molecular formula is C16H22ClN3OS. The summed E-state index contributed by atoms with van der Waals surface area (Å²) in [5.74, 6) is 0.0313. The van der Waals surface area contributed by atoms with Gasteiger partial charge in [0.25, 0.3) is 0 Å². The minimum atomic E-state index is -0.476. The van der Waals surface area contributed by atoms with Gasteiger partial charge in [-0.05, 0) is 25.0 Å². The van der Waals surface area contributed by atoms with Gasteiger partial charge >= 0.3 is 0 Å². The van der Waals surface area contributed by atoms with Crippen LogP contribution in [0.15, 0.2) is 29.6 Å². The van der Waals surface area contributed by atoms with Crippen molar-refractivity contribution in [3.05, 3.63) is 34.7 Å². The molecule has 1 amide bonds. The highest BCUT2D eigenvalue weighted by atomic mass is 35.5. The molecule has 0 radical (unpaired) electrons. The molecule has 0 spiro atoms. The Morgan fingerprint density at radius 2 is 2.00 bits per heavy atom. The monoisotopic (exact) mass is 339 g/mol. The summed E-state index contributed by atoms with van der Waals surface area (Å²) < 4.78 is 0. The second-order valence-corrected chi connectivity index (χ2v) is 6.29. The zero-order valence-corrected chi connectivity index (χ0v) is 14.6. The second-order valence-electron chi connectivity index (χ2n) is 5.23. The summed E-state index contributed by atoms with van der Waals surface area (Å²) >= 11 is 1.63. The molecule has 0 aliphatic carbocycles. The van der Waals surface area contributed by atoms with Gasteiger partial charge < -0.3 is 11.1 Å². The van der Waals surface area contributed by atoms with Crippen LogP contribution >= 0.6 is 23.7 Å². The highest BCUT2D eigenvalue weighted by molar-refractivity contribution is 7.09. The summed E-state index contributed by atoms with van der Waals surface area (Å²) in [4.78, 5) is 16.5. The molecule has 120 valence electrons. The lowest BCUT2D eigenvalue weighted by Gasteiger charge is -2.17. The van der Waals surface area contributed by atoms with Crippen LogP contribution in [0.5, 0.6) is 0 Å². The van der Waals surface area contributed by atoms with E-state index in [1.165, 1.54) is 0 Å². The van der Waals surface area contributed by atoms with Gasteiger partial charge in [0.1, 0.15) is 0 Å². The molecule has 2 rings (SSSR count). The largest absolute Gasteiger partial charge is 0.325 e. The number of hydrogen-bond acceptors (Lipinski definition) is 4. The van der Waals surface area contributed by atoms with Crippen molar-refractivity contribution in [2.45, 2.75) is 33.2 Å². The molecule has 0 aliphatic rings. The van der Waals surface area contributed by atoms with E-state index in [1.807, 2.05) is 50.4 Å². The third kappa shape index (κ3) is 4.53. The Labute approximate surface area is 141 Å². The Bertz CT molecular complexity index is 612. The summed E-state index contributed by atoms with van der Waals surface area (Å²) in [6, 6.07) is 7.20. The zero-order chi connectivity index (χ0) is 15.4. The first-order valence-electron chi connectivity index (χ1n) is 7.10. The van der Waals surface area contributed by atoms with E-state index in [9.17, 15) is 4.79 Å². The Balaban J connectivity index is 0.00000242. The second kappa shape index (κ2) is 8.27. The third-order valence-electron chi connectivity index (χ3n) is 3.63. The van der Waals surface area contributed by atoms with Crippen LogP contribution in [0.1, 0.15) is 25.3 Å². The van der Waals surface area contributed by atoms with Crippen LogP contribution in [0.25, 0.3) is 11.3 Å². The van der Waals surface area contributed by atoms with E-state index in [0.717, 1.165) is 28.4 Å². The van der Waals surface area contributed by atoms with Crippen LogP contribution in [0.4, 0.5) is 5.69 Å². The summed E-state index contributed by atoms with van der Waals surface area (Å²) in [6.07, 6.45) is 0.886. The van der Waals surface area contributed by atoms with E-state index in [4.69, 9.17) is 5.73 Å². The number of halogens is 1. The average Bonchev–Trinajstić information content (AvgIpc) is 2.93. The minimum absolute atomic E-state index is 0. The number of nitrogens with zero attached hydrogens (tertiary/aromatic N) is 1. The highest BCUT2D eigenvalue weighted by Crippen LogP contribution is 2.23. The molecule has 0 bridgehead atoms. The quantitative estimate of drug-likeness (QED) is 0.869. The van der Waals surface area contributed by atoms with Crippen molar-refractivity contribution in [3.8, 4) is 11.3 Å². The third-order valence-corrected chi connectivity index (χ3v) is 4.40. The van der Waals surface area contributed by atoms with Crippen molar-refractivity contribution in [2.24, 2.45) is 11.7 Å². The van der Waals surface area contributed by atoms with E-state index in [1.54, 1.807) is 11.3 Å². The molecule has 0 saturated heterocycles. The summed E-state index contributed by atoms with van der Waals surface area (Å²) in [7, 11) is 0. The fraction of sp³-hybridized carbons (Fsp3) is 0.375. The number of aromatic nitrogens is 1. The van der Waals surface area contributed by atoms with E-state index in [-0.39, 0.29) is 24.2 Å². The van der Waals surface area contributed by atoms with E-state index >= 15 is 0 Å². The Morgan fingerprint density at radius 1 is 1.36 bits per heavy atom. The molecule has 4 nitrogen and oxygen atoms in total. The molecular weight excluding hydrogens is 318 g/mol. The van der Waals surface area contributed by atoms with Crippen molar-refractivity contribution < 1.29 is 4.79 Å². The number of amides is 1. The maximum atomic E-state index is 12.0. The van der Waals surface area contributed by atoms with Gasteiger partial charge in [-0.25, -0.2) is 4.98 Å². The molecule has 22 heavy (non-hydrogen) atoms. The van der Waals surface area contributed by atoms with Gasteiger partial charge in [-0.15, -0.1) is 23.7 Å². The minimum Gasteiger partial charge on any atom is -0.325 e. The SMILES string of the molecule is CCC(C)C(N)C(=O)Nc1ccc(-c2csc(C)n2)cc1.Cl. The molecule has 0 saturated carbocycles. The smallest absolute Gasteiger partial charge is 0.241 e. The number of anilines is 1. The van der Waals surface area contributed by atoms with Crippen LogP contribution in [0.3, 0.4) is 0 Å². The lowest BCUT2D eigenvalue weighted by atomic mass is 9.99. The van der Waals surface area contributed by atoms with Gasteiger partial charge in [0.05, 0.1) is 16.7 Å². The van der Waals surface area contributed by atoms with Crippen LogP contribution in [0, 0.1) is 12.8 Å².